The number of benzene rings is 2. The van der Waals surface area contributed by atoms with Crippen LogP contribution < -0.4 is 5.32 Å². The van der Waals surface area contributed by atoms with E-state index in [1.54, 1.807) is 6.07 Å². The second-order valence-corrected chi connectivity index (χ2v) is 5.00. The number of hydrogen-bond donors (Lipinski definition) is 1. The zero-order chi connectivity index (χ0) is 14.7. The fourth-order valence-corrected chi connectivity index (χ4v) is 2.47. The van der Waals surface area contributed by atoms with E-state index in [-0.39, 0.29) is 0 Å². The summed E-state index contributed by atoms with van der Waals surface area (Å²) >= 11 is 0. The van der Waals surface area contributed by atoms with Crippen molar-refractivity contribution in [3.63, 3.8) is 0 Å². The van der Waals surface area contributed by atoms with Crippen molar-refractivity contribution in [2.45, 2.75) is 13.5 Å². The fourth-order valence-electron chi connectivity index (χ4n) is 2.47. The van der Waals surface area contributed by atoms with Gasteiger partial charge in [0.1, 0.15) is 0 Å². The van der Waals surface area contributed by atoms with Crippen molar-refractivity contribution >= 4 is 22.9 Å². The first kappa shape index (κ1) is 13.3. The predicted molar refractivity (Wildman–Crippen MR) is 85.6 cm³/mol. The smallest absolute Gasteiger partial charge is 0.152 e. The molecule has 21 heavy (non-hydrogen) atoms. The highest BCUT2D eigenvalue weighted by atomic mass is 16.1. The van der Waals surface area contributed by atoms with Crippen LogP contribution in [0.25, 0.3) is 10.9 Å². The summed E-state index contributed by atoms with van der Waals surface area (Å²) in [5.74, 6) is 0. The molecular weight excluding hydrogens is 260 g/mol. The Hall–Kier alpha value is -2.68. The molecule has 0 aliphatic heterocycles. The van der Waals surface area contributed by atoms with E-state index in [1.165, 1.54) is 10.9 Å². The third-order valence-corrected chi connectivity index (χ3v) is 3.63. The van der Waals surface area contributed by atoms with E-state index in [9.17, 15) is 4.79 Å². The molecule has 0 saturated heterocycles. The maximum absolute atomic E-state index is 11.0. The summed E-state index contributed by atoms with van der Waals surface area (Å²) in [4.78, 5) is 15.5. The Morgan fingerprint density at radius 2 is 1.95 bits per heavy atom. The van der Waals surface area contributed by atoms with Crippen LogP contribution in [-0.4, -0.2) is 11.3 Å². The molecule has 104 valence electrons. The Bertz CT molecular complexity index is 796. The largest absolute Gasteiger partial charge is 0.380 e. The van der Waals surface area contributed by atoms with Crippen LogP contribution in [0.4, 0.5) is 5.69 Å². The minimum atomic E-state index is 0.638. The number of aldehydes is 1. The van der Waals surface area contributed by atoms with Gasteiger partial charge in [-0.2, -0.15) is 0 Å². The number of aryl methyl sites for hydroxylation is 1. The summed E-state index contributed by atoms with van der Waals surface area (Å²) in [6.07, 6.45) is 2.68. The van der Waals surface area contributed by atoms with E-state index in [1.807, 2.05) is 30.5 Å². The molecule has 1 N–H and O–H groups in total. The number of aromatic nitrogens is 1. The van der Waals surface area contributed by atoms with Crippen LogP contribution in [0.15, 0.2) is 54.7 Å². The van der Waals surface area contributed by atoms with Gasteiger partial charge in [0.05, 0.1) is 5.52 Å². The standard InChI is InChI=1S/C18H16N2O/c1-13-8-9-14(18-16(13)6-4-10-19-18)11-20-17-7-3-2-5-15(17)12-21/h2-10,12,20H,11H2,1H3. The second kappa shape index (κ2) is 5.75. The van der Waals surface area contributed by atoms with Gasteiger partial charge in [-0.25, -0.2) is 0 Å². The molecule has 0 unspecified atom stereocenters. The van der Waals surface area contributed by atoms with E-state index in [0.717, 1.165) is 23.1 Å². The van der Waals surface area contributed by atoms with Crippen LogP contribution in [-0.2, 0) is 6.54 Å². The molecule has 0 aliphatic carbocycles. The van der Waals surface area contributed by atoms with Crippen molar-refractivity contribution in [1.29, 1.82) is 0 Å². The van der Waals surface area contributed by atoms with E-state index < -0.39 is 0 Å². The van der Waals surface area contributed by atoms with Crippen molar-refractivity contribution in [1.82, 2.24) is 4.98 Å². The van der Waals surface area contributed by atoms with E-state index in [4.69, 9.17) is 0 Å². The highest BCUT2D eigenvalue weighted by molar-refractivity contribution is 5.86. The Morgan fingerprint density at radius 3 is 2.81 bits per heavy atom. The summed E-state index contributed by atoms with van der Waals surface area (Å²) in [5, 5.41) is 4.49. The molecule has 0 atom stereocenters. The van der Waals surface area contributed by atoms with Gasteiger partial charge in [0.15, 0.2) is 6.29 Å². The molecule has 0 aliphatic rings. The number of hydrogen-bond acceptors (Lipinski definition) is 3. The highest BCUT2D eigenvalue weighted by Gasteiger charge is 2.05. The van der Waals surface area contributed by atoms with Gasteiger partial charge in [-0.05, 0) is 36.2 Å². The number of fused-ring (bicyclic) bond motifs is 1. The number of rotatable bonds is 4. The predicted octanol–water partition coefficient (Wildman–Crippen LogP) is 3.97. The molecule has 0 radical (unpaired) electrons. The van der Waals surface area contributed by atoms with Crippen LogP contribution in [0.2, 0.25) is 0 Å². The summed E-state index contributed by atoms with van der Waals surface area (Å²) < 4.78 is 0. The minimum Gasteiger partial charge on any atom is -0.380 e. The first-order valence-electron chi connectivity index (χ1n) is 6.91. The van der Waals surface area contributed by atoms with Crippen molar-refractivity contribution in [3.05, 3.63) is 71.4 Å². The van der Waals surface area contributed by atoms with Gasteiger partial charge in [-0.3, -0.25) is 9.78 Å². The molecule has 2 aromatic carbocycles. The molecule has 3 heteroatoms. The average Bonchev–Trinajstić information content (AvgIpc) is 2.55. The molecule has 1 aromatic heterocycles. The Kier molecular flexibility index (Phi) is 3.65. The number of pyridine rings is 1. The average molecular weight is 276 g/mol. The zero-order valence-electron chi connectivity index (χ0n) is 11.8. The first-order chi connectivity index (χ1) is 10.3. The maximum Gasteiger partial charge on any atom is 0.152 e. The molecule has 0 bridgehead atoms. The van der Waals surface area contributed by atoms with Crippen LogP contribution >= 0.6 is 0 Å². The molecule has 0 fully saturated rings. The normalized spacial score (nSPS) is 10.5. The fraction of sp³-hybridized carbons (Fsp3) is 0.111. The minimum absolute atomic E-state index is 0.638. The number of carbonyl (C=O) groups is 1. The lowest BCUT2D eigenvalue weighted by Gasteiger charge is -2.11. The third kappa shape index (κ3) is 2.63. The van der Waals surface area contributed by atoms with E-state index >= 15 is 0 Å². The Labute approximate surface area is 123 Å². The quantitative estimate of drug-likeness (QED) is 0.733. The molecule has 3 nitrogen and oxygen atoms in total. The van der Waals surface area contributed by atoms with Crippen molar-refractivity contribution in [3.8, 4) is 0 Å². The Balaban J connectivity index is 1.92. The first-order valence-corrected chi connectivity index (χ1v) is 6.91. The zero-order valence-corrected chi connectivity index (χ0v) is 11.8. The molecule has 0 saturated carbocycles. The van der Waals surface area contributed by atoms with Gasteiger partial charge in [0, 0.05) is 29.4 Å². The summed E-state index contributed by atoms with van der Waals surface area (Å²) in [7, 11) is 0. The van der Waals surface area contributed by atoms with Crippen LogP contribution in [0, 0.1) is 6.92 Å². The summed E-state index contributed by atoms with van der Waals surface area (Å²) in [6, 6.07) is 15.7. The van der Waals surface area contributed by atoms with Gasteiger partial charge in [0.2, 0.25) is 0 Å². The van der Waals surface area contributed by atoms with E-state index in [0.29, 0.717) is 12.1 Å². The van der Waals surface area contributed by atoms with Crippen LogP contribution in [0.5, 0.6) is 0 Å². The molecule has 3 aromatic rings. The van der Waals surface area contributed by atoms with Gasteiger partial charge in [-0.1, -0.05) is 30.3 Å². The highest BCUT2D eigenvalue weighted by Crippen LogP contribution is 2.22. The molecule has 0 amide bonds. The van der Waals surface area contributed by atoms with Gasteiger partial charge in [0.25, 0.3) is 0 Å². The number of para-hydroxylation sites is 1. The van der Waals surface area contributed by atoms with Crippen molar-refractivity contribution in [2.75, 3.05) is 5.32 Å². The monoisotopic (exact) mass is 276 g/mol. The maximum atomic E-state index is 11.0. The number of nitrogens with zero attached hydrogens (tertiary/aromatic N) is 1. The van der Waals surface area contributed by atoms with Gasteiger partial charge in [-0.15, -0.1) is 0 Å². The lowest BCUT2D eigenvalue weighted by molar-refractivity contribution is 0.112. The summed E-state index contributed by atoms with van der Waals surface area (Å²) in [6.45, 7) is 2.72. The third-order valence-electron chi connectivity index (χ3n) is 3.63. The lowest BCUT2D eigenvalue weighted by Crippen LogP contribution is -2.03. The van der Waals surface area contributed by atoms with E-state index in [2.05, 4.69) is 35.4 Å². The molecule has 1 heterocycles. The topological polar surface area (TPSA) is 42.0 Å². The van der Waals surface area contributed by atoms with Crippen molar-refractivity contribution in [2.24, 2.45) is 0 Å². The molecular formula is C18H16N2O. The van der Waals surface area contributed by atoms with Gasteiger partial charge < -0.3 is 5.32 Å². The second-order valence-electron chi connectivity index (χ2n) is 5.00. The molecule has 0 spiro atoms. The number of anilines is 1. The number of nitrogens with one attached hydrogen (secondary N) is 1. The molecule has 3 rings (SSSR count). The Morgan fingerprint density at radius 1 is 1.10 bits per heavy atom. The van der Waals surface area contributed by atoms with Gasteiger partial charge >= 0.3 is 0 Å². The number of carbonyl (C=O) groups excluding carboxylic acids is 1. The lowest BCUT2D eigenvalue weighted by atomic mass is 10.0. The summed E-state index contributed by atoms with van der Waals surface area (Å²) in [5.41, 5.74) is 4.86. The van der Waals surface area contributed by atoms with Crippen molar-refractivity contribution < 1.29 is 4.79 Å². The van der Waals surface area contributed by atoms with Crippen LogP contribution in [0.1, 0.15) is 21.5 Å². The SMILES string of the molecule is Cc1ccc(CNc2ccccc2C=O)c2ncccc12. The van der Waals surface area contributed by atoms with Crippen LogP contribution in [0.3, 0.4) is 0 Å².